The maximum atomic E-state index is 13.0. The molecule has 1 aliphatic rings. The van der Waals surface area contributed by atoms with Crippen LogP contribution in [0.5, 0.6) is 0 Å². The van der Waals surface area contributed by atoms with Gasteiger partial charge in [0.25, 0.3) is 5.56 Å². The molecule has 1 aromatic carbocycles. The van der Waals surface area contributed by atoms with Crippen molar-refractivity contribution in [3.05, 3.63) is 69.6 Å². The standard InChI is InChI=1S/C24H27N5O4/c1-15-12-19(16(2)25-20-7-5-4-6-18(20)24(32)33)23-26-21(13-22(31)29(23)14-15)28-10-8-27(9-11-28)17(3)30/h4-7,12-14,16,25H,8-11H2,1-3H3,(H,32,33). The van der Waals surface area contributed by atoms with E-state index in [0.717, 1.165) is 11.1 Å². The van der Waals surface area contributed by atoms with Crippen LogP contribution in [-0.4, -0.2) is 57.4 Å². The van der Waals surface area contributed by atoms with E-state index < -0.39 is 5.97 Å². The van der Waals surface area contributed by atoms with Gasteiger partial charge in [-0.15, -0.1) is 0 Å². The van der Waals surface area contributed by atoms with E-state index in [9.17, 15) is 19.5 Å². The van der Waals surface area contributed by atoms with Crippen molar-refractivity contribution < 1.29 is 14.7 Å². The third-order valence-corrected chi connectivity index (χ3v) is 5.96. The van der Waals surface area contributed by atoms with Crippen LogP contribution in [0.25, 0.3) is 5.65 Å². The lowest BCUT2D eigenvalue weighted by molar-refractivity contribution is -0.129. The smallest absolute Gasteiger partial charge is 0.337 e. The van der Waals surface area contributed by atoms with Gasteiger partial charge in [0.05, 0.1) is 11.6 Å². The Morgan fingerprint density at radius 2 is 1.82 bits per heavy atom. The summed E-state index contributed by atoms with van der Waals surface area (Å²) in [4.78, 5) is 44.8. The van der Waals surface area contributed by atoms with Crippen molar-refractivity contribution >= 4 is 29.0 Å². The molecule has 0 spiro atoms. The lowest BCUT2D eigenvalue weighted by Gasteiger charge is -2.35. The topological polar surface area (TPSA) is 107 Å². The zero-order chi connectivity index (χ0) is 23.7. The average Bonchev–Trinajstić information content (AvgIpc) is 2.79. The molecule has 2 N–H and O–H groups in total. The molecule has 9 heteroatoms. The van der Waals surface area contributed by atoms with E-state index in [0.29, 0.717) is 43.3 Å². The third kappa shape index (κ3) is 4.52. The SMILES string of the molecule is CC(=O)N1CCN(c2cc(=O)n3cc(C)cc(C(C)Nc4ccccc4C(=O)O)c3n2)CC1. The van der Waals surface area contributed by atoms with Crippen LogP contribution in [0.2, 0.25) is 0 Å². The number of para-hydroxylation sites is 1. The van der Waals surface area contributed by atoms with Crippen molar-refractivity contribution in [2.45, 2.75) is 26.8 Å². The van der Waals surface area contributed by atoms with Crippen LogP contribution in [0, 0.1) is 6.92 Å². The van der Waals surface area contributed by atoms with Crippen LogP contribution < -0.4 is 15.8 Å². The van der Waals surface area contributed by atoms with Gasteiger partial charge in [-0.3, -0.25) is 14.0 Å². The van der Waals surface area contributed by atoms with Crippen LogP contribution in [0.15, 0.2) is 47.4 Å². The molecule has 1 fully saturated rings. The lowest BCUT2D eigenvalue weighted by atomic mass is 10.1. The van der Waals surface area contributed by atoms with E-state index in [1.165, 1.54) is 10.5 Å². The van der Waals surface area contributed by atoms with Crippen LogP contribution in [0.4, 0.5) is 11.5 Å². The summed E-state index contributed by atoms with van der Waals surface area (Å²) in [6.45, 7) is 7.75. The van der Waals surface area contributed by atoms with Gasteiger partial charge < -0.3 is 20.2 Å². The van der Waals surface area contributed by atoms with Crippen LogP contribution in [-0.2, 0) is 4.79 Å². The molecule has 1 aliphatic heterocycles. The summed E-state index contributed by atoms with van der Waals surface area (Å²) in [7, 11) is 0. The summed E-state index contributed by atoms with van der Waals surface area (Å²) in [5, 5.41) is 12.8. The lowest BCUT2D eigenvalue weighted by Crippen LogP contribution is -2.48. The number of anilines is 2. The highest BCUT2D eigenvalue weighted by molar-refractivity contribution is 5.94. The second kappa shape index (κ2) is 8.93. The number of carboxylic acids is 1. The normalized spacial score (nSPS) is 14.9. The molecule has 0 bridgehead atoms. The molecule has 0 aliphatic carbocycles. The summed E-state index contributed by atoms with van der Waals surface area (Å²) >= 11 is 0. The van der Waals surface area contributed by atoms with Crippen molar-refractivity contribution in [3.63, 3.8) is 0 Å². The van der Waals surface area contributed by atoms with Gasteiger partial charge in [-0.05, 0) is 37.6 Å². The highest BCUT2D eigenvalue weighted by Gasteiger charge is 2.22. The quantitative estimate of drug-likeness (QED) is 0.616. The van der Waals surface area contributed by atoms with Crippen molar-refractivity contribution in [2.75, 3.05) is 36.4 Å². The molecule has 2 aromatic heterocycles. The number of benzene rings is 1. The Kier molecular flexibility index (Phi) is 6.04. The van der Waals surface area contributed by atoms with E-state index in [1.54, 1.807) is 42.3 Å². The first-order valence-corrected chi connectivity index (χ1v) is 10.9. The number of carbonyl (C=O) groups excluding carboxylic acids is 1. The number of aryl methyl sites for hydroxylation is 1. The van der Waals surface area contributed by atoms with Crippen LogP contribution in [0.3, 0.4) is 0 Å². The van der Waals surface area contributed by atoms with E-state index in [1.807, 2.05) is 24.8 Å². The van der Waals surface area contributed by atoms with Crippen LogP contribution >= 0.6 is 0 Å². The molecule has 172 valence electrons. The van der Waals surface area contributed by atoms with Crippen molar-refractivity contribution in [1.29, 1.82) is 0 Å². The number of hydrogen-bond donors (Lipinski definition) is 2. The number of nitrogens with one attached hydrogen (secondary N) is 1. The number of carbonyl (C=O) groups is 2. The molecule has 1 amide bonds. The molecule has 0 radical (unpaired) electrons. The number of nitrogens with zero attached hydrogens (tertiary/aromatic N) is 4. The molecule has 3 heterocycles. The predicted octanol–water partition coefficient (Wildman–Crippen LogP) is 2.54. The molecule has 1 atom stereocenters. The third-order valence-electron chi connectivity index (χ3n) is 5.96. The molecule has 9 nitrogen and oxygen atoms in total. The molecule has 3 aromatic rings. The first-order chi connectivity index (χ1) is 15.7. The predicted molar refractivity (Wildman–Crippen MR) is 126 cm³/mol. The van der Waals surface area contributed by atoms with Gasteiger partial charge in [-0.25, -0.2) is 9.78 Å². The minimum absolute atomic E-state index is 0.0421. The Hall–Kier alpha value is -3.88. The fraction of sp³-hybridized carbons (Fsp3) is 0.333. The van der Waals surface area contributed by atoms with Gasteiger partial charge in [-0.2, -0.15) is 0 Å². The van der Waals surface area contributed by atoms with E-state index in [4.69, 9.17) is 4.98 Å². The molecule has 4 rings (SSSR count). The Balaban J connectivity index is 1.72. The van der Waals surface area contributed by atoms with Crippen LogP contribution in [0.1, 0.15) is 41.4 Å². The maximum absolute atomic E-state index is 13.0. The van der Waals surface area contributed by atoms with Crippen molar-refractivity contribution in [3.8, 4) is 0 Å². The van der Waals surface area contributed by atoms with Crippen molar-refractivity contribution in [1.82, 2.24) is 14.3 Å². The number of aromatic carboxylic acids is 1. The molecular formula is C24H27N5O4. The minimum atomic E-state index is -1.01. The van der Waals surface area contributed by atoms with Crippen molar-refractivity contribution in [2.24, 2.45) is 0 Å². The van der Waals surface area contributed by atoms with Gasteiger partial charge in [0, 0.05) is 56.6 Å². The highest BCUT2D eigenvalue weighted by Crippen LogP contribution is 2.26. The molecule has 1 saturated heterocycles. The molecule has 33 heavy (non-hydrogen) atoms. The first kappa shape index (κ1) is 22.3. The zero-order valence-corrected chi connectivity index (χ0v) is 18.9. The number of fused-ring (bicyclic) bond motifs is 1. The van der Waals surface area contributed by atoms with E-state index in [-0.39, 0.29) is 23.1 Å². The molecule has 0 saturated carbocycles. The fourth-order valence-corrected chi connectivity index (χ4v) is 4.20. The Morgan fingerprint density at radius 1 is 1.12 bits per heavy atom. The summed E-state index contributed by atoms with van der Waals surface area (Å²) < 4.78 is 1.53. The summed E-state index contributed by atoms with van der Waals surface area (Å²) in [6.07, 6.45) is 1.75. The van der Waals surface area contributed by atoms with Gasteiger partial charge >= 0.3 is 5.97 Å². The number of hydrogen-bond acceptors (Lipinski definition) is 6. The number of aromatic nitrogens is 2. The van der Waals surface area contributed by atoms with Gasteiger partial charge in [0.15, 0.2) is 0 Å². The zero-order valence-electron chi connectivity index (χ0n) is 18.9. The van der Waals surface area contributed by atoms with E-state index in [2.05, 4.69) is 5.32 Å². The number of pyridine rings is 1. The average molecular weight is 450 g/mol. The number of piperazine rings is 1. The monoisotopic (exact) mass is 449 g/mol. The van der Waals surface area contributed by atoms with Gasteiger partial charge in [0.2, 0.25) is 5.91 Å². The second-order valence-corrected chi connectivity index (χ2v) is 8.33. The number of amides is 1. The Bertz CT molecular complexity index is 1280. The highest BCUT2D eigenvalue weighted by atomic mass is 16.4. The van der Waals surface area contributed by atoms with E-state index >= 15 is 0 Å². The first-order valence-electron chi connectivity index (χ1n) is 10.9. The second-order valence-electron chi connectivity index (χ2n) is 8.33. The molecular weight excluding hydrogens is 422 g/mol. The molecule has 1 unspecified atom stereocenters. The number of carboxylic acid groups (broad SMARTS) is 1. The number of rotatable bonds is 5. The summed E-state index contributed by atoms with van der Waals surface area (Å²) in [6, 6.07) is 9.90. The van der Waals surface area contributed by atoms with Gasteiger partial charge in [0.1, 0.15) is 11.5 Å². The Morgan fingerprint density at radius 3 is 2.48 bits per heavy atom. The minimum Gasteiger partial charge on any atom is -0.478 e. The summed E-state index contributed by atoms with van der Waals surface area (Å²) in [5.74, 6) is -0.396. The Labute approximate surface area is 191 Å². The van der Waals surface area contributed by atoms with Gasteiger partial charge in [-0.1, -0.05) is 12.1 Å². The summed E-state index contributed by atoms with van der Waals surface area (Å²) in [5.41, 5.74) is 2.68. The largest absolute Gasteiger partial charge is 0.478 e. The fourth-order valence-electron chi connectivity index (χ4n) is 4.20. The maximum Gasteiger partial charge on any atom is 0.337 e.